The zero-order chi connectivity index (χ0) is 15.4. The van der Waals surface area contributed by atoms with Crippen LogP contribution in [0.25, 0.3) is 0 Å². The van der Waals surface area contributed by atoms with E-state index in [1.165, 1.54) is 0 Å². The maximum Gasteiger partial charge on any atom is 0.260 e. The molecule has 1 saturated heterocycles. The molecule has 1 aliphatic heterocycles. The third-order valence-electron chi connectivity index (χ3n) is 3.96. The van der Waals surface area contributed by atoms with Gasteiger partial charge in [-0.15, -0.1) is 0 Å². The molecule has 0 aliphatic carbocycles. The first-order valence-corrected chi connectivity index (χ1v) is 7.72. The molecule has 1 atom stereocenters. The SMILES string of the molecule is Cc1ccc(C(C)C)c(OCC(=O)N2CCNC[C@@H]2C)c1. The average Bonchev–Trinajstić information content (AvgIpc) is 2.45. The van der Waals surface area contributed by atoms with Gasteiger partial charge in [-0.2, -0.15) is 0 Å². The number of amides is 1. The highest BCUT2D eigenvalue weighted by Crippen LogP contribution is 2.27. The van der Waals surface area contributed by atoms with E-state index >= 15 is 0 Å². The quantitative estimate of drug-likeness (QED) is 0.925. The summed E-state index contributed by atoms with van der Waals surface area (Å²) in [5, 5.41) is 3.29. The van der Waals surface area contributed by atoms with Crippen molar-refractivity contribution in [3.8, 4) is 5.75 Å². The molecular formula is C17H26N2O2. The second-order valence-electron chi connectivity index (χ2n) is 6.12. The van der Waals surface area contributed by atoms with E-state index in [1.807, 2.05) is 17.9 Å². The molecule has 1 aromatic rings. The molecule has 2 rings (SSSR count). The molecule has 116 valence electrons. The number of benzene rings is 1. The number of aryl methyl sites for hydroxylation is 1. The molecule has 1 aromatic carbocycles. The highest BCUT2D eigenvalue weighted by Gasteiger charge is 2.23. The fourth-order valence-electron chi connectivity index (χ4n) is 2.68. The number of nitrogens with one attached hydrogen (secondary N) is 1. The Kier molecular flexibility index (Phi) is 5.23. The first-order valence-electron chi connectivity index (χ1n) is 7.72. The standard InChI is InChI=1S/C17H26N2O2/c1-12(2)15-6-5-13(3)9-16(15)21-11-17(20)19-8-7-18-10-14(19)4/h5-6,9,12,14,18H,7-8,10-11H2,1-4H3/t14-/m0/s1. The van der Waals surface area contributed by atoms with Gasteiger partial charge in [-0.1, -0.05) is 26.0 Å². The van der Waals surface area contributed by atoms with Crippen LogP contribution < -0.4 is 10.1 Å². The number of carbonyl (C=O) groups excluding carboxylic acids is 1. The largest absolute Gasteiger partial charge is 0.483 e. The summed E-state index contributed by atoms with van der Waals surface area (Å²) in [5.74, 6) is 1.29. The predicted molar refractivity (Wildman–Crippen MR) is 84.8 cm³/mol. The Hall–Kier alpha value is -1.55. The van der Waals surface area contributed by atoms with Gasteiger partial charge in [0.25, 0.3) is 5.91 Å². The van der Waals surface area contributed by atoms with Crippen LogP contribution in [0, 0.1) is 6.92 Å². The second-order valence-corrected chi connectivity index (χ2v) is 6.12. The molecule has 21 heavy (non-hydrogen) atoms. The van der Waals surface area contributed by atoms with Crippen LogP contribution in [0.4, 0.5) is 0 Å². The lowest BCUT2D eigenvalue weighted by molar-refractivity contribution is -0.136. The van der Waals surface area contributed by atoms with Crippen molar-refractivity contribution in [3.05, 3.63) is 29.3 Å². The lowest BCUT2D eigenvalue weighted by Crippen LogP contribution is -2.53. The molecule has 0 aromatic heterocycles. The fraction of sp³-hybridized carbons (Fsp3) is 0.588. The van der Waals surface area contributed by atoms with Gasteiger partial charge >= 0.3 is 0 Å². The van der Waals surface area contributed by atoms with Crippen molar-refractivity contribution >= 4 is 5.91 Å². The molecule has 0 unspecified atom stereocenters. The Morgan fingerprint density at radius 1 is 1.48 bits per heavy atom. The van der Waals surface area contributed by atoms with Crippen LogP contribution in [-0.4, -0.2) is 43.1 Å². The Labute approximate surface area is 127 Å². The van der Waals surface area contributed by atoms with Crippen LogP contribution >= 0.6 is 0 Å². The van der Waals surface area contributed by atoms with Crippen molar-refractivity contribution in [2.24, 2.45) is 0 Å². The lowest BCUT2D eigenvalue weighted by Gasteiger charge is -2.34. The fourth-order valence-corrected chi connectivity index (χ4v) is 2.68. The second kappa shape index (κ2) is 6.94. The van der Waals surface area contributed by atoms with Crippen molar-refractivity contribution in [3.63, 3.8) is 0 Å². The highest BCUT2D eigenvalue weighted by atomic mass is 16.5. The summed E-state index contributed by atoms with van der Waals surface area (Å²) in [6.07, 6.45) is 0. The van der Waals surface area contributed by atoms with Crippen molar-refractivity contribution in [2.45, 2.75) is 39.7 Å². The van der Waals surface area contributed by atoms with Gasteiger partial charge in [-0.25, -0.2) is 0 Å². The first-order chi connectivity index (χ1) is 9.99. The van der Waals surface area contributed by atoms with Gasteiger partial charge in [0.1, 0.15) is 5.75 Å². The van der Waals surface area contributed by atoms with Crippen LogP contribution in [-0.2, 0) is 4.79 Å². The van der Waals surface area contributed by atoms with Gasteiger partial charge in [0, 0.05) is 25.7 Å². The normalized spacial score (nSPS) is 18.9. The molecule has 0 spiro atoms. The van der Waals surface area contributed by atoms with Crippen molar-refractivity contribution < 1.29 is 9.53 Å². The molecule has 1 N–H and O–H groups in total. The number of rotatable bonds is 4. The number of piperazine rings is 1. The molecule has 1 amide bonds. The van der Waals surface area contributed by atoms with Crippen molar-refractivity contribution in [1.82, 2.24) is 10.2 Å². The molecule has 1 heterocycles. The first kappa shape index (κ1) is 15.8. The summed E-state index contributed by atoms with van der Waals surface area (Å²) in [5.41, 5.74) is 2.30. The maximum atomic E-state index is 12.3. The van der Waals surface area contributed by atoms with Gasteiger partial charge < -0.3 is 15.0 Å². The molecule has 0 bridgehead atoms. The van der Waals surface area contributed by atoms with Gasteiger partial charge in [-0.05, 0) is 37.0 Å². The Morgan fingerprint density at radius 3 is 2.90 bits per heavy atom. The molecule has 4 heteroatoms. The Bertz CT molecular complexity index is 500. The average molecular weight is 290 g/mol. The molecule has 0 saturated carbocycles. The van der Waals surface area contributed by atoms with E-state index in [-0.39, 0.29) is 18.6 Å². The zero-order valence-electron chi connectivity index (χ0n) is 13.5. The van der Waals surface area contributed by atoms with E-state index in [1.54, 1.807) is 0 Å². The number of hydrogen-bond acceptors (Lipinski definition) is 3. The summed E-state index contributed by atoms with van der Waals surface area (Å²) >= 11 is 0. The molecular weight excluding hydrogens is 264 g/mol. The van der Waals surface area contributed by atoms with Gasteiger partial charge in [0.2, 0.25) is 0 Å². The summed E-state index contributed by atoms with van der Waals surface area (Å²) in [6, 6.07) is 6.43. The Morgan fingerprint density at radius 2 is 2.24 bits per heavy atom. The number of carbonyl (C=O) groups is 1. The van der Waals surface area contributed by atoms with Crippen molar-refractivity contribution in [1.29, 1.82) is 0 Å². The van der Waals surface area contributed by atoms with E-state index in [0.29, 0.717) is 5.92 Å². The Balaban J connectivity index is 2.02. The van der Waals surface area contributed by atoms with Gasteiger partial charge in [0.15, 0.2) is 6.61 Å². The van der Waals surface area contributed by atoms with Crippen LogP contribution in [0.1, 0.15) is 37.8 Å². The van der Waals surface area contributed by atoms with Crippen molar-refractivity contribution in [2.75, 3.05) is 26.2 Å². The number of nitrogens with zero attached hydrogens (tertiary/aromatic N) is 1. The molecule has 4 nitrogen and oxygen atoms in total. The van der Waals surface area contributed by atoms with Gasteiger partial charge in [0.05, 0.1) is 0 Å². The zero-order valence-corrected chi connectivity index (χ0v) is 13.5. The minimum Gasteiger partial charge on any atom is -0.483 e. The van der Waals surface area contributed by atoms with E-state index in [0.717, 1.165) is 36.5 Å². The molecule has 1 fully saturated rings. The van der Waals surface area contributed by atoms with E-state index in [4.69, 9.17) is 4.74 Å². The van der Waals surface area contributed by atoms with Crippen LogP contribution in [0.15, 0.2) is 18.2 Å². The maximum absolute atomic E-state index is 12.3. The molecule has 1 aliphatic rings. The summed E-state index contributed by atoms with van der Waals surface area (Å²) in [7, 11) is 0. The van der Waals surface area contributed by atoms with Crippen LogP contribution in [0.2, 0.25) is 0 Å². The smallest absolute Gasteiger partial charge is 0.260 e. The number of hydrogen-bond donors (Lipinski definition) is 1. The third-order valence-corrected chi connectivity index (χ3v) is 3.96. The minimum absolute atomic E-state index is 0.0696. The summed E-state index contributed by atoms with van der Waals surface area (Å²) < 4.78 is 5.83. The van der Waals surface area contributed by atoms with Crippen LogP contribution in [0.5, 0.6) is 5.75 Å². The van der Waals surface area contributed by atoms with E-state index < -0.39 is 0 Å². The topological polar surface area (TPSA) is 41.6 Å². The minimum atomic E-state index is 0.0696. The molecule has 0 radical (unpaired) electrons. The van der Waals surface area contributed by atoms with Crippen LogP contribution in [0.3, 0.4) is 0 Å². The van der Waals surface area contributed by atoms with E-state index in [2.05, 4.69) is 38.2 Å². The predicted octanol–water partition coefficient (Wildman–Crippen LogP) is 2.32. The summed E-state index contributed by atoms with van der Waals surface area (Å²) in [4.78, 5) is 14.2. The third kappa shape index (κ3) is 3.97. The highest BCUT2D eigenvalue weighted by molar-refractivity contribution is 5.78. The summed E-state index contributed by atoms with van der Waals surface area (Å²) in [6.45, 7) is 11.0. The number of ether oxygens (including phenoxy) is 1. The van der Waals surface area contributed by atoms with Gasteiger partial charge in [-0.3, -0.25) is 4.79 Å². The van der Waals surface area contributed by atoms with E-state index in [9.17, 15) is 4.79 Å². The lowest BCUT2D eigenvalue weighted by atomic mass is 10.0. The monoisotopic (exact) mass is 290 g/mol.